The highest BCUT2D eigenvalue weighted by Crippen LogP contribution is 2.46. The first-order valence-electron chi connectivity index (χ1n) is 13.2. The molecule has 0 amide bonds. The van der Waals surface area contributed by atoms with Crippen molar-refractivity contribution in [3.8, 4) is 5.75 Å². The highest BCUT2D eigenvalue weighted by Gasteiger charge is 2.38. The summed E-state index contributed by atoms with van der Waals surface area (Å²) in [5.74, 6) is 0.563. The van der Waals surface area contributed by atoms with Crippen LogP contribution in [0.1, 0.15) is 53.7 Å². The third-order valence-corrected chi connectivity index (χ3v) is 7.73. The van der Waals surface area contributed by atoms with Gasteiger partial charge in [-0.05, 0) is 45.7 Å². The van der Waals surface area contributed by atoms with Gasteiger partial charge in [-0.25, -0.2) is 19.5 Å². The molecule has 0 saturated carbocycles. The monoisotopic (exact) mass is 560 g/mol. The van der Waals surface area contributed by atoms with E-state index in [2.05, 4.69) is 39.2 Å². The topological polar surface area (TPSA) is 139 Å². The molecular weight excluding hydrogens is 523 g/mol. The summed E-state index contributed by atoms with van der Waals surface area (Å²) in [5.41, 5.74) is 1.34. The highest BCUT2D eigenvalue weighted by molar-refractivity contribution is 7.52. The third-order valence-electron chi connectivity index (χ3n) is 6.09. The van der Waals surface area contributed by atoms with Crippen molar-refractivity contribution < 1.29 is 27.9 Å². The number of carbonyl (C=O) groups is 1. The smallest absolute Gasteiger partial charge is 0.459 e. The molecule has 2 N–H and O–H groups in total. The Bertz CT molecular complexity index is 1290. The number of aromatic nitrogens is 4. The van der Waals surface area contributed by atoms with E-state index in [1.165, 1.54) is 6.33 Å². The number of imidazole rings is 1. The quantitative estimate of drug-likeness (QED) is 0.222. The van der Waals surface area contributed by atoms with Gasteiger partial charge in [-0.1, -0.05) is 32.0 Å². The molecule has 13 heteroatoms. The normalized spacial score (nSPS) is 21.5. The zero-order chi connectivity index (χ0) is 28.0. The Hall–Kier alpha value is -3.05. The second-order valence-electron chi connectivity index (χ2n) is 9.87. The van der Waals surface area contributed by atoms with E-state index in [-0.39, 0.29) is 31.0 Å². The lowest BCUT2D eigenvalue weighted by molar-refractivity contribution is -0.149. The van der Waals surface area contributed by atoms with Crippen LogP contribution in [0.4, 0.5) is 5.82 Å². The van der Waals surface area contributed by atoms with E-state index in [0.717, 1.165) is 13.0 Å². The van der Waals surface area contributed by atoms with Crippen LogP contribution in [0.3, 0.4) is 0 Å². The SMILES string of the molecule is CCCNc1ncnc2c1ncn2[C@@H]1O[C@H](CO[P@](=O)(N[C@@H](C)C(=O)OC(C)C)Oc2ccccc2)C[C@@H]1C. The zero-order valence-electron chi connectivity index (χ0n) is 22.9. The average molecular weight is 561 g/mol. The fraction of sp³-hybridized carbons (Fsp3) is 0.538. The van der Waals surface area contributed by atoms with Crippen LogP contribution in [0.5, 0.6) is 5.75 Å². The van der Waals surface area contributed by atoms with E-state index >= 15 is 0 Å². The molecule has 1 aliphatic rings. The van der Waals surface area contributed by atoms with Crippen LogP contribution in [0.15, 0.2) is 43.0 Å². The van der Waals surface area contributed by atoms with Crippen molar-refractivity contribution in [1.29, 1.82) is 0 Å². The summed E-state index contributed by atoms with van der Waals surface area (Å²) >= 11 is 0. The zero-order valence-corrected chi connectivity index (χ0v) is 23.8. The average Bonchev–Trinajstić information content (AvgIpc) is 3.49. The summed E-state index contributed by atoms with van der Waals surface area (Å²) in [4.78, 5) is 25.7. The van der Waals surface area contributed by atoms with E-state index in [1.807, 2.05) is 10.6 Å². The van der Waals surface area contributed by atoms with Gasteiger partial charge in [0.25, 0.3) is 0 Å². The number of nitrogens with one attached hydrogen (secondary N) is 2. The van der Waals surface area contributed by atoms with E-state index < -0.39 is 19.8 Å². The van der Waals surface area contributed by atoms with E-state index in [9.17, 15) is 9.36 Å². The Morgan fingerprint density at radius 2 is 1.97 bits per heavy atom. The molecule has 212 valence electrons. The lowest BCUT2D eigenvalue weighted by atomic mass is 10.1. The molecule has 5 atom stereocenters. The van der Waals surface area contributed by atoms with E-state index in [0.29, 0.717) is 29.2 Å². The largest absolute Gasteiger partial charge is 0.462 e. The summed E-state index contributed by atoms with van der Waals surface area (Å²) in [6.45, 7) is 9.95. The van der Waals surface area contributed by atoms with Crippen molar-refractivity contribution >= 4 is 30.7 Å². The summed E-state index contributed by atoms with van der Waals surface area (Å²) < 4.78 is 38.8. The number of benzene rings is 1. The molecular formula is C26H37N6O6P. The number of nitrogens with zero attached hydrogens (tertiary/aromatic N) is 4. The summed E-state index contributed by atoms with van der Waals surface area (Å²) in [6.07, 6.45) is 3.77. The minimum absolute atomic E-state index is 0.0190. The second-order valence-corrected chi connectivity index (χ2v) is 11.6. The molecule has 2 aromatic heterocycles. The molecule has 0 radical (unpaired) electrons. The first kappa shape index (κ1) is 28.9. The minimum atomic E-state index is -3.98. The Kier molecular flexibility index (Phi) is 9.55. The fourth-order valence-electron chi connectivity index (χ4n) is 4.29. The number of carbonyl (C=O) groups excluding carboxylic acids is 1. The summed E-state index contributed by atoms with van der Waals surface area (Å²) in [7, 11) is -3.98. The minimum Gasteiger partial charge on any atom is -0.462 e. The number of para-hydroxylation sites is 1. The first-order valence-corrected chi connectivity index (χ1v) is 14.8. The van der Waals surface area contributed by atoms with Gasteiger partial charge in [0.2, 0.25) is 0 Å². The number of anilines is 1. The third kappa shape index (κ3) is 7.33. The van der Waals surface area contributed by atoms with Crippen molar-refractivity contribution in [2.75, 3.05) is 18.5 Å². The lowest BCUT2D eigenvalue weighted by Gasteiger charge is -2.24. The second kappa shape index (κ2) is 12.9. The van der Waals surface area contributed by atoms with Crippen molar-refractivity contribution in [2.24, 2.45) is 5.92 Å². The molecule has 3 aromatic rings. The standard InChI is InChI=1S/C26H37N6O6P/c1-6-12-27-23-22-24(29-15-28-23)32(16-30-22)25-18(4)13-21(37-25)14-35-39(34,38-20-10-8-7-9-11-20)31-19(5)26(33)36-17(2)3/h7-11,15-19,21,25H,6,12-14H2,1-5H3,(H,31,34)(H,27,28,29)/t18-,19-,21-,25+,39+/m0/s1. The van der Waals surface area contributed by atoms with Gasteiger partial charge in [-0.2, -0.15) is 5.09 Å². The van der Waals surface area contributed by atoms with Gasteiger partial charge in [0.1, 0.15) is 24.3 Å². The van der Waals surface area contributed by atoms with Gasteiger partial charge in [-0.15, -0.1) is 0 Å². The summed E-state index contributed by atoms with van der Waals surface area (Å²) in [5, 5.41) is 5.99. The molecule has 39 heavy (non-hydrogen) atoms. The number of rotatable bonds is 13. The van der Waals surface area contributed by atoms with Crippen LogP contribution in [0.2, 0.25) is 0 Å². The Morgan fingerprint density at radius 3 is 2.69 bits per heavy atom. The van der Waals surface area contributed by atoms with Gasteiger partial charge in [0.15, 0.2) is 17.0 Å². The van der Waals surface area contributed by atoms with Crippen molar-refractivity contribution in [3.05, 3.63) is 43.0 Å². The molecule has 0 unspecified atom stereocenters. The molecule has 1 saturated heterocycles. The van der Waals surface area contributed by atoms with Crippen LogP contribution in [0, 0.1) is 5.92 Å². The fourth-order valence-corrected chi connectivity index (χ4v) is 5.81. The molecule has 3 heterocycles. The maximum Gasteiger partial charge on any atom is 0.459 e. The van der Waals surface area contributed by atoms with E-state index in [1.54, 1.807) is 51.4 Å². The molecule has 1 fully saturated rings. The molecule has 0 aliphatic carbocycles. The van der Waals surface area contributed by atoms with Gasteiger partial charge >= 0.3 is 13.7 Å². The molecule has 1 aromatic carbocycles. The van der Waals surface area contributed by atoms with Gasteiger partial charge in [-0.3, -0.25) is 13.9 Å². The number of fused-ring (bicyclic) bond motifs is 1. The molecule has 12 nitrogen and oxygen atoms in total. The number of ether oxygens (including phenoxy) is 2. The predicted molar refractivity (Wildman–Crippen MR) is 146 cm³/mol. The van der Waals surface area contributed by atoms with Crippen molar-refractivity contribution in [1.82, 2.24) is 24.6 Å². The molecule has 4 rings (SSSR count). The lowest BCUT2D eigenvalue weighted by Crippen LogP contribution is -2.36. The number of hydrogen-bond donors (Lipinski definition) is 2. The maximum atomic E-state index is 13.8. The van der Waals surface area contributed by atoms with E-state index in [4.69, 9.17) is 18.5 Å². The Labute approximate surface area is 228 Å². The van der Waals surface area contributed by atoms with Gasteiger partial charge in [0.05, 0.1) is 25.1 Å². The first-order chi connectivity index (χ1) is 18.7. The van der Waals surface area contributed by atoms with Crippen LogP contribution in [-0.2, 0) is 23.4 Å². The highest BCUT2D eigenvalue weighted by atomic mass is 31.2. The van der Waals surface area contributed by atoms with Crippen molar-refractivity contribution in [3.63, 3.8) is 0 Å². The molecule has 0 spiro atoms. The van der Waals surface area contributed by atoms with Crippen LogP contribution >= 0.6 is 7.75 Å². The maximum absolute atomic E-state index is 13.8. The van der Waals surface area contributed by atoms with Gasteiger partial charge in [0, 0.05) is 12.5 Å². The number of esters is 1. The number of hydrogen-bond acceptors (Lipinski definition) is 10. The van der Waals surface area contributed by atoms with Gasteiger partial charge < -0.3 is 19.3 Å². The van der Waals surface area contributed by atoms with Crippen LogP contribution in [-0.4, -0.2) is 56.9 Å². The molecule has 0 bridgehead atoms. The Morgan fingerprint density at radius 1 is 1.21 bits per heavy atom. The Balaban J connectivity index is 1.46. The van der Waals surface area contributed by atoms with Crippen LogP contribution in [0.25, 0.3) is 11.2 Å². The molecule has 1 aliphatic heterocycles. The van der Waals surface area contributed by atoms with Crippen LogP contribution < -0.4 is 14.9 Å². The predicted octanol–water partition coefficient (Wildman–Crippen LogP) is 4.71. The van der Waals surface area contributed by atoms with Crippen molar-refractivity contribution in [2.45, 2.75) is 71.9 Å². The summed E-state index contributed by atoms with van der Waals surface area (Å²) in [6, 6.07) is 7.72.